The standard InChI is InChI=1S/C25H26N4O3/c1-16-9-11-20(17(2)13-16)19-10-12-23(18(3)14-19)32-15-21-22(7-6-8-24(21)31-5)29-25(30)28(4)26-27-29/h6-14H,15H2,1-5H3. The molecule has 32 heavy (non-hydrogen) atoms. The summed E-state index contributed by atoms with van der Waals surface area (Å²) < 4.78 is 14.1. The van der Waals surface area contributed by atoms with Gasteiger partial charge in [0.1, 0.15) is 18.1 Å². The molecule has 1 heterocycles. The molecule has 164 valence electrons. The van der Waals surface area contributed by atoms with Gasteiger partial charge in [-0.05, 0) is 77.7 Å². The number of hydrogen-bond donors (Lipinski definition) is 0. The van der Waals surface area contributed by atoms with Crippen LogP contribution in [0.5, 0.6) is 11.5 Å². The Morgan fingerprint density at radius 2 is 1.72 bits per heavy atom. The van der Waals surface area contributed by atoms with Gasteiger partial charge in [0.15, 0.2) is 0 Å². The molecule has 0 aliphatic heterocycles. The Balaban J connectivity index is 1.64. The fraction of sp³-hybridized carbons (Fsp3) is 0.240. The van der Waals surface area contributed by atoms with Crippen LogP contribution in [-0.2, 0) is 13.7 Å². The van der Waals surface area contributed by atoms with Crippen LogP contribution in [0, 0.1) is 20.8 Å². The Bertz CT molecular complexity index is 1340. The van der Waals surface area contributed by atoms with E-state index in [9.17, 15) is 4.79 Å². The van der Waals surface area contributed by atoms with Crippen LogP contribution in [0.2, 0.25) is 0 Å². The predicted octanol–water partition coefficient (Wildman–Crippen LogP) is 4.15. The maximum absolute atomic E-state index is 12.4. The number of benzene rings is 3. The lowest BCUT2D eigenvalue weighted by atomic mass is 9.97. The van der Waals surface area contributed by atoms with Gasteiger partial charge in [0.25, 0.3) is 0 Å². The average Bonchev–Trinajstić information content (AvgIpc) is 3.11. The molecule has 0 unspecified atom stereocenters. The van der Waals surface area contributed by atoms with Gasteiger partial charge < -0.3 is 9.47 Å². The Morgan fingerprint density at radius 3 is 2.38 bits per heavy atom. The van der Waals surface area contributed by atoms with Crippen molar-refractivity contribution in [2.24, 2.45) is 7.05 Å². The number of hydrogen-bond acceptors (Lipinski definition) is 5. The minimum Gasteiger partial charge on any atom is -0.496 e. The third-order valence-corrected chi connectivity index (χ3v) is 5.52. The summed E-state index contributed by atoms with van der Waals surface area (Å²) in [6.07, 6.45) is 0. The number of aromatic nitrogens is 4. The monoisotopic (exact) mass is 430 g/mol. The normalized spacial score (nSPS) is 10.9. The van der Waals surface area contributed by atoms with Crippen molar-refractivity contribution < 1.29 is 9.47 Å². The molecule has 0 amide bonds. The quantitative estimate of drug-likeness (QED) is 0.460. The van der Waals surface area contributed by atoms with Crippen LogP contribution in [0.25, 0.3) is 16.8 Å². The Hall–Kier alpha value is -3.87. The maximum Gasteiger partial charge on any atom is 0.368 e. The van der Waals surface area contributed by atoms with Crippen molar-refractivity contribution in [3.63, 3.8) is 0 Å². The highest BCUT2D eigenvalue weighted by Crippen LogP contribution is 2.31. The molecule has 4 aromatic rings. The lowest BCUT2D eigenvalue weighted by Gasteiger charge is -2.16. The summed E-state index contributed by atoms with van der Waals surface area (Å²) in [5.74, 6) is 1.38. The van der Waals surface area contributed by atoms with Crippen molar-refractivity contribution in [2.75, 3.05) is 7.11 Å². The zero-order valence-corrected chi connectivity index (χ0v) is 18.9. The van der Waals surface area contributed by atoms with Gasteiger partial charge in [-0.15, -0.1) is 0 Å². The number of ether oxygens (including phenoxy) is 2. The fourth-order valence-corrected chi connectivity index (χ4v) is 3.82. The first-order valence-electron chi connectivity index (χ1n) is 10.4. The van der Waals surface area contributed by atoms with E-state index in [2.05, 4.69) is 54.6 Å². The molecular weight excluding hydrogens is 404 g/mol. The Labute approximate surface area is 186 Å². The molecule has 0 atom stereocenters. The molecule has 4 rings (SSSR count). The number of tetrazole rings is 1. The highest BCUT2D eigenvalue weighted by atomic mass is 16.5. The van der Waals surface area contributed by atoms with Gasteiger partial charge in [-0.3, -0.25) is 0 Å². The first kappa shape index (κ1) is 21.4. The summed E-state index contributed by atoms with van der Waals surface area (Å²) in [6, 6.07) is 18.1. The summed E-state index contributed by atoms with van der Waals surface area (Å²) >= 11 is 0. The Morgan fingerprint density at radius 1 is 0.906 bits per heavy atom. The topological polar surface area (TPSA) is 71.2 Å². The van der Waals surface area contributed by atoms with Crippen molar-refractivity contribution in [3.8, 4) is 28.3 Å². The fourth-order valence-electron chi connectivity index (χ4n) is 3.82. The largest absolute Gasteiger partial charge is 0.496 e. The molecule has 7 heteroatoms. The van der Waals surface area contributed by atoms with E-state index < -0.39 is 0 Å². The summed E-state index contributed by atoms with van der Waals surface area (Å²) in [5.41, 5.74) is 6.83. The summed E-state index contributed by atoms with van der Waals surface area (Å²) in [4.78, 5) is 12.4. The highest BCUT2D eigenvalue weighted by molar-refractivity contribution is 5.69. The molecular formula is C25H26N4O3. The van der Waals surface area contributed by atoms with Crippen LogP contribution in [-0.4, -0.2) is 26.9 Å². The molecule has 0 radical (unpaired) electrons. The molecule has 3 aromatic carbocycles. The third-order valence-electron chi connectivity index (χ3n) is 5.52. The molecule has 0 saturated heterocycles. The van der Waals surface area contributed by atoms with Gasteiger partial charge in [0.2, 0.25) is 0 Å². The minimum atomic E-state index is -0.339. The van der Waals surface area contributed by atoms with Crippen LogP contribution < -0.4 is 15.2 Å². The summed E-state index contributed by atoms with van der Waals surface area (Å²) in [6.45, 7) is 6.46. The first-order chi connectivity index (χ1) is 15.4. The predicted molar refractivity (Wildman–Crippen MR) is 124 cm³/mol. The molecule has 0 fully saturated rings. The van der Waals surface area contributed by atoms with Crippen molar-refractivity contribution in [2.45, 2.75) is 27.4 Å². The van der Waals surface area contributed by atoms with Crippen LogP contribution in [0.1, 0.15) is 22.3 Å². The molecule has 0 spiro atoms. The van der Waals surface area contributed by atoms with Gasteiger partial charge in [0.05, 0.1) is 18.4 Å². The van der Waals surface area contributed by atoms with E-state index in [1.807, 2.05) is 25.1 Å². The molecule has 0 aliphatic rings. The third kappa shape index (κ3) is 4.01. The second-order valence-electron chi connectivity index (χ2n) is 7.84. The number of nitrogens with zero attached hydrogens (tertiary/aromatic N) is 4. The van der Waals surface area contributed by atoms with Crippen LogP contribution in [0.15, 0.2) is 59.4 Å². The van der Waals surface area contributed by atoms with Crippen molar-refractivity contribution in [3.05, 3.63) is 87.3 Å². The van der Waals surface area contributed by atoms with E-state index >= 15 is 0 Å². The highest BCUT2D eigenvalue weighted by Gasteiger charge is 2.16. The van der Waals surface area contributed by atoms with Gasteiger partial charge in [-0.2, -0.15) is 9.36 Å². The molecule has 0 N–H and O–H groups in total. The van der Waals surface area contributed by atoms with Gasteiger partial charge in [-0.1, -0.05) is 35.9 Å². The second kappa shape index (κ2) is 8.70. The number of methoxy groups -OCH3 is 1. The lowest BCUT2D eigenvalue weighted by Crippen LogP contribution is -2.23. The van der Waals surface area contributed by atoms with Crippen LogP contribution in [0.3, 0.4) is 0 Å². The van der Waals surface area contributed by atoms with Crippen LogP contribution in [0.4, 0.5) is 0 Å². The van der Waals surface area contributed by atoms with E-state index in [0.717, 1.165) is 22.4 Å². The zero-order valence-electron chi connectivity index (χ0n) is 18.9. The van der Waals surface area contributed by atoms with Crippen molar-refractivity contribution >= 4 is 0 Å². The molecule has 0 bridgehead atoms. The molecule has 0 saturated carbocycles. The van der Waals surface area contributed by atoms with E-state index in [4.69, 9.17) is 9.47 Å². The van der Waals surface area contributed by atoms with Gasteiger partial charge in [-0.25, -0.2) is 4.79 Å². The van der Waals surface area contributed by atoms with Gasteiger partial charge >= 0.3 is 5.69 Å². The molecule has 7 nitrogen and oxygen atoms in total. The van der Waals surface area contributed by atoms with E-state index in [-0.39, 0.29) is 12.3 Å². The minimum absolute atomic E-state index is 0.214. The molecule has 1 aromatic heterocycles. The zero-order chi connectivity index (χ0) is 22.8. The Kier molecular flexibility index (Phi) is 5.81. The van der Waals surface area contributed by atoms with Crippen LogP contribution >= 0.6 is 0 Å². The smallest absolute Gasteiger partial charge is 0.368 e. The first-order valence-corrected chi connectivity index (χ1v) is 10.4. The van der Waals surface area contributed by atoms with E-state index in [1.165, 1.54) is 26.1 Å². The maximum atomic E-state index is 12.4. The molecule has 0 aliphatic carbocycles. The summed E-state index contributed by atoms with van der Waals surface area (Å²) in [7, 11) is 3.15. The number of aryl methyl sites for hydroxylation is 4. The summed E-state index contributed by atoms with van der Waals surface area (Å²) in [5, 5.41) is 7.77. The average molecular weight is 431 g/mol. The van der Waals surface area contributed by atoms with E-state index in [1.54, 1.807) is 20.2 Å². The van der Waals surface area contributed by atoms with Crippen molar-refractivity contribution in [1.82, 2.24) is 19.8 Å². The SMILES string of the molecule is COc1cccc(-n2nnn(C)c2=O)c1COc1ccc(-c2ccc(C)cc2C)cc1C. The second-order valence-corrected chi connectivity index (χ2v) is 7.84. The van der Waals surface area contributed by atoms with Gasteiger partial charge in [0, 0.05) is 7.05 Å². The lowest BCUT2D eigenvalue weighted by molar-refractivity contribution is 0.294. The number of rotatable bonds is 6. The van der Waals surface area contributed by atoms with Crippen molar-refractivity contribution in [1.29, 1.82) is 0 Å². The van der Waals surface area contributed by atoms with E-state index in [0.29, 0.717) is 11.4 Å².